The summed E-state index contributed by atoms with van der Waals surface area (Å²) in [6.45, 7) is 4.02. The first-order valence-corrected chi connectivity index (χ1v) is 5.05. The molecule has 0 amide bonds. The minimum Gasteiger partial charge on any atom is -0.396 e. The summed E-state index contributed by atoms with van der Waals surface area (Å²) in [5.41, 5.74) is 1.71. The van der Waals surface area contributed by atoms with Gasteiger partial charge in [-0.3, -0.25) is 0 Å². The van der Waals surface area contributed by atoms with Crippen molar-refractivity contribution in [3.8, 4) is 0 Å². The van der Waals surface area contributed by atoms with E-state index in [0.717, 1.165) is 12.0 Å². The minimum absolute atomic E-state index is 0.106. The van der Waals surface area contributed by atoms with E-state index in [4.69, 9.17) is 5.11 Å². The fraction of sp³-hybridized carbons (Fsp3) is 0.500. The first kappa shape index (κ1) is 11.2. The van der Waals surface area contributed by atoms with E-state index in [-0.39, 0.29) is 18.3 Å². The SMILES string of the molecule is CCc1ccc(CC(C)CO)c(F)c1. The first-order chi connectivity index (χ1) is 6.67. The monoisotopic (exact) mass is 196 g/mol. The lowest BCUT2D eigenvalue weighted by molar-refractivity contribution is 0.236. The van der Waals surface area contributed by atoms with E-state index in [9.17, 15) is 4.39 Å². The van der Waals surface area contributed by atoms with E-state index in [1.165, 1.54) is 0 Å². The molecule has 1 nitrogen and oxygen atoms in total. The average Bonchev–Trinajstić information content (AvgIpc) is 2.20. The molecule has 0 fully saturated rings. The molecule has 1 atom stereocenters. The highest BCUT2D eigenvalue weighted by atomic mass is 19.1. The number of hydrogen-bond donors (Lipinski definition) is 1. The Balaban J connectivity index is 2.78. The van der Waals surface area contributed by atoms with Gasteiger partial charge in [0.25, 0.3) is 0 Å². The van der Waals surface area contributed by atoms with Gasteiger partial charge in [-0.2, -0.15) is 0 Å². The van der Waals surface area contributed by atoms with Gasteiger partial charge < -0.3 is 5.11 Å². The van der Waals surface area contributed by atoms with Crippen molar-refractivity contribution in [2.24, 2.45) is 5.92 Å². The normalized spacial score (nSPS) is 12.9. The van der Waals surface area contributed by atoms with Crippen molar-refractivity contribution >= 4 is 0 Å². The molecule has 0 radical (unpaired) electrons. The van der Waals surface area contributed by atoms with Crippen LogP contribution in [-0.2, 0) is 12.8 Å². The first-order valence-electron chi connectivity index (χ1n) is 5.05. The van der Waals surface area contributed by atoms with Crippen LogP contribution < -0.4 is 0 Å². The third-order valence-corrected chi connectivity index (χ3v) is 2.41. The second-order valence-electron chi connectivity index (χ2n) is 3.77. The maximum Gasteiger partial charge on any atom is 0.126 e. The molecule has 1 rings (SSSR count). The maximum absolute atomic E-state index is 13.5. The van der Waals surface area contributed by atoms with Crippen LogP contribution in [0.5, 0.6) is 0 Å². The summed E-state index contributed by atoms with van der Waals surface area (Å²) in [4.78, 5) is 0. The van der Waals surface area contributed by atoms with E-state index in [0.29, 0.717) is 12.0 Å². The Morgan fingerprint density at radius 1 is 1.43 bits per heavy atom. The second kappa shape index (κ2) is 5.11. The molecule has 0 heterocycles. The highest BCUT2D eigenvalue weighted by Crippen LogP contribution is 2.14. The van der Waals surface area contributed by atoms with E-state index >= 15 is 0 Å². The quantitative estimate of drug-likeness (QED) is 0.784. The van der Waals surface area contributed by atoms with Crippen molar-refractivity contribution in [2.75, 3.05) is 6.61 Å². The van der Waals surface area contributed by atoms with Crippen LogP contribution in [0.25, 0.3) is 0 Å². The molecular weight excluding hydrogens is 179 g/mol. The molecule has 14 heavy (non-hydrogen) atoms. The van der Waals surface area contributed by atoms with Gasteiger partial charge in [0.15, 0.2) is 0 Å². The number of aliphatic hydroxyl groups is 1. The predicted octanol–water partition coefficient (Wildman–Crippen LogP) is 2.56. The number of benzene rings is 1. The van der Waals surface area contributed by atoms with Crippen molar-refractivity contribution in [3.05, 3.63) is 35.1 Å². The van der Waals surface area contributed by atoms with Crippen molar-refractivity contribution in [3.63, 3.8) is 0 Å². The van der Waals surface area contributed by atoms with Crippen LogP contribution in [0.3, 0.4) is 0 Å². The molecule has 2 heteroatoms. The van der Waals surface area contributed by atoms with E-state index in [1.54, 1.807) is 6.07 Å². The van der Waals surface area contributed by atoms with Gasteiger partial charge in [-0.25, -0.2) is 4.39 Å². The minimum atomic E-state index is -0.148. The maximum atomic E-state index is 13.5. The average molecular weight is 196 g/mol. The lowest BCUT2D eigenvalue weighted by Crippen LogP contribution is -2.06. The Morgan fingerprint density at radius 3 is 2.64 bits per heavy atom. The van der Waals surface area contributed by atoms with Gasteiger partial charge in [0, 0.05) is 6.61 Å². The summed E-state index contributed by atoms with van der Waals surface area (Å²) in [5.74, 6) is -0.0263. The van der Waals surface area contributed by atoms with E-state index < -0.39 is 0 Å². The Hall–Kier alpha value is -0.890. The van der Waals surface area contributed by atoms with Crippen molar-refractivity contribution in [2.45, 2.75) is 26.7 Å². The lowest BCUT2D eigenvalue weighted by atomic mass is 10.00. The highest BCUT2D eigenvalue weighted by Gasteiger charge is 2.07. The molecule has 1 aromatic carbocycles. The molecule has 0 aliphatic carbocycles. The van der Waals surface area contributed by atoms with Gasteiger partial charge in [0.05, 0.1) is 0 Å². The second-order valence-corrected chi connectivity index (χ2v) is 3.77. The number of halogens is 1. The van der Waals surface area contributed by atoms with Crippen LogP contribution in [0.15, 0.2) is 18.2 Å². The molecule has 0 spiro atoms. The van der Waals surface area contributed by atoms with Gasteiger partial charge in [-0.1, -0.05) is 26.0 Å². The van der Waals surface area contributed by atoms with E-state index in [2.05, 4.69) is 0 Å². The Kier molecular flexibility index (Phi) is 4.08. The molecule has 1 N–H and O–H groups in total. The number of aliphatic hydroxyl groups excluding tert-OH is 1. The molecule has 0 saturated carbocycles. The molecule has 1 aromatic rings. The van der Waals surface area contributed by atoms with Crippen LogP contribution in [0.4, 0.5) is 4.39 Å². The van der Waals surface area contributed by atoms with Gasteiger partial charge in [0.1, 0.15) is 5.82 Å². The fourth-order valence-corrected chi connectivity index (χ4v) is 1.42. The van der Waals surface area contributed by atoms with E-state index in [1.807, 2.05) is 26.0 Å². The zero-order chi connectivity index (χ0) is 10.6. The Bertz CT molecular complexity index is 296. The molecule has 0 aliphatic heterocycles. The van der Waals surface area contributed by atoms with Gasteiger partial charge in [-0.15, -0.1) is 0 Å². The topological polar surface area (TPSA) is 20.2 Å². The molecular formula is C12H17FO. The summed E-state index contributed by atoms with van der Waals surface area (Å²) in [5, 5.41) is 8.87. The predicted molar refractivity (Wildman–Crippen MR) is 55.7 cm³/mol. The summed E-state index contributed by atoms with van der Waals surface area (Å²) in [6, 6.07) is 5.35. The third-order valence-electron chi connectivity index (χ3n) is 2.41. The smallest absolute Gasteiger partial charge is 0.126 e. The largest absolute Gasteiger partial charge is 0.396 e. The third kappa shape index (κ3) is 2.81. The van der Waals surface area contributed by atoms with Crippen LogP contribution in [-0.4, -0.2) is 11.7 Å². The number of hydrogen-bond acceptors (Lipinski definition) is 1. The Morgan fingerprint density at radius 2 is 2.14 bits per heavy atom. The van der Waals surface area contributed by atoms with Crippen molar-refractivity contribution in [1.29, 1.82) is 0 Å². The molecule has 1 unspecified atom stereocenters. The zero-order valence-corrected chi connectivity index (χ0v) is 8.76. The molecule has 78 valence electrons. The summed E-state index contributed by atoms with van der Waals surface area (Å²) >= 11 is 0. The van der Waals surface area contributed by atoms with Crippen molar-refractivity contribution in [1.82, 2.24) is 0 Å². The zero-order valence-electron chi connectivity index (χ0n) is 8.76. The van der Waals surface area contributed by atoms with Gasteiger partial charge in [-0.05, 0) is 36.0 Å². The van der Waals surface area contributed by atoms with Crippen LogP contribution >= 0.6 is 0 Å². The van der Waals surface area contributed by atoms with Gasteiger partial charge in [0.2, 0.25) is 0 Å². The highest BCUT2D eigenvalue weighted by molar-refractivity contribution is 5.24. The molecule has 0 saturated heterocycles. The molecule has 0 bridgehead atoms. The summed E-state index contributed by atoms with van der Waals surface area (Å²) in [6.07, 6.45) is 1.46. The van der Waals surface area contributed by atoms with Crippen LogP contribution in [0.1, 0.15) is 25.0 Å². The van der Waals surface area contributed by atoms with Crippen molar-refractivity contribution < 1.29 is 9.50 Å². The lowest BCUT2D eigenvalue weighted by Gasteiger charge is -2.09. The standard InChI is InChI=1S/C12H17FO/c1-3-10-4-5-11(12(13)7-10)6-9(2)8-14/h4-5,7,9,14H,3,6,8H2,1-2H3. The summed E-state index contributed by atoms with van der Waals surface area (Å²) in [7, 11) is 0. The molecule has 0 aromatic heterocycles. The van der Waals surface area contributed by atoms with Gasteiger partial charge >= 0.3 is 0 Å². The Labute approximate surface area is 84.6 Å². The number of aryl methyl sites for hydroxylation is 1. The number of rotatable bonds is 4. The van der Waals surface area contributed by atoms with Crippen LogP contribution in [0.2, 0.25) is 0 Å². The summed E-state index contributed by atoms with van der Waals surface area (Å²) < 4.78 is 13.5. The molecule has 0 aliphatic rings. The van der Waals surface area contributed by atoms with Crippen LogP contribution in [0, 0.1) is 11.7 Å². The fourth-order valence-electron chi connectivity index (χ4n) is 1.42.